The summed E-state index contributed by atoms with van der Waals surface area (Å²) < 4.78 is 64.9. The summed E-state index contributed by atoms with van der Waals surface area (Å²) in [5.74, 6) is 0.0649. The maximum Gasteiger partial charge on any atom is 0.416 e. The average molecular weight is 344 g/mol. The van der Waals surface area contributed by atoms with Gasteiger partial charge in [-0.2, -0.15) is 17.5 Å². The zero-order valence-electron chi connectivity index (χ0n) is 11.9. The maximum absolute atomic E-state index is 12.9. The minimum Gasteiger partial charge on any atom is -0.207 e. The van der Waals surface area contributed by atoms with Crippen molar-refractivity contribution in [3.63, 3.8) is 0 Å². The Balaban J connectivity index is 3.45. The first-order valence-electron chi connectivity index (χ1n) is 6.28. The predicted octanol–water partition coefficient (Wildman–Crippen LogP) is 3.65. The first-order valence-corrected chi connectivity index (χ1v) is 8.25. The van der Waals surface area contributed by atoms with Crippen LogP contribution in [-0.4, -0.2) is 31.2 Å². The number of sulfonamides is 1. The fourth-order valence-electron chi connectivity index (χ4n) is 2.07. The number of hydrogen-bond donors (Lipinski definition) is 0. The molecule has 0 radical (unpaired) electrons. The van der Waals surface area contributed by atoms with Gasteiger partial charge in [0.1, 0.15) is 0 Å². The second kappa shape index (κ2) is 6.54. The Morgan fingerprint density at radius 1 is 1.29 bits per heavy atom. The Morgan fingerprint density at radius 2 is 1.86 bits per heavy atom. The Morgan fingerprint density at radius 3 is 2.29 bits per heavy atom. The number of halogens is 4. The zero-order chi connectivity index (χ0) is 16.4. The van der Waals surface area contributed by atoms with Crippen LogP contribution >= 0.6 is 11.6 Å². The molecule has 1 rings (SSSR count). The molecule has 1 aromatic rings. The van der Waals surface area contributed by atoms with Crippen molar-refractivity contribution < 1.29 is 21.6 Å². The van der Waals surface area contributed by atoms with Gasteiger partial charge < -0.3 is 0 Å². The molecule has 3 nitrogen and oxygen atoms in total. The van der Waals surface area contributed by atoms with E-state index in [9.17, 15) is 21.6 Å². The fourth-order valence-corrected chi connectivity index (χ4v) is 4.24. The third kappa shape index (κ3) is 3.90. The van der Waals surface area contributed by atoms with Crippen LogP contribution < -0.4 is 0 Å². The van der Waals surface area contributed by atoms with Crippen molar-refractivity contribution in [1.29, 1.82) is 0 Å². The van der Waals surface area contributed by atoms with Crippen molar-refractivity contribution in [1.82, 2.24) is 4.31 Å². The van der Waals surface area contributed by atoms with Crippen LogP contribution in [0.1, 0.15) is 25.0 Å². The molecular weight excluding hydrogens is 327 g/mol. The highest BCUT2D eigenvalue weighted by atomic mass is 35.5. The van der Waals surface area contributed by atoms with Gasteiger partial charge in [0.2, 0.25) is 10.0 Å². The van der Waals surface area contributed by atoms with Gasteiger partial charge in [-0.1, -0.05) is 6.07 Å². The third-order valence-corrected chi connectivity index (χ3v) is 5.45. The molecule has 0 heterocycles. The first kappa shape index (κ1) is 18.3. The van der Waals surface area contributed by atoms with Crippen LogP contribution in [0.2, 0.25) is 0 Å². The van der Waals surface area contributed by atoms with Crippen LogP contribution in [0.5, 0.6) is 0 Å². The van der Waals surface area contributed by atoms with E-state index in [2.05, 4.69) is 0 Å². The SMILES string of the molecule is Cc1c(C(F)(F)F)cccc1S(=O)(=O)N(CCCl)C(C)C. The van der Waals surface area contributed by atoms with Crippen molar-refractivity contribution in [2.45, 2.75) is 37.9 Å². The summed E-state index contributed by atoms with van der Waals surface area (Å²) >= 11 is 5.59. The van der Waals surface area contributed by atoms with Crippen LogP contribution in [0.15, 0.2) is 23.1 Å². The number of alkyl halides is 4. The minimum atomic E-state index is -4.59. The average Bonchev–Trinajstić information content (AvgIpc) is 2.33. The molecule has 21 heavy (non-hydrogen) atoms. The van der Waals surface area contributed by atoms with Crippen LogP contribution in [-0.2, 0) is 16.2 Å². The lowest BCUT2D eigenvalue weighted by atomic mass is 10.1. The van der Waals surface area contributed by atoms with E-state index in [4.69, 9.17) is 11.6 Å². The molecule has 0 fully saturated rings. The van der Waals surface area contributed by atoms with E-state index in [1.165, 1.54) is 6.07 Å². The van der Waals surface area contributed by atoms with Gasteiger partial charge in [-0.3, -0.25) is 0 Å². The molecule has 0 N–H and O–H groups in total. The Labute approximate surface area is 127 Å². The second-order valence-corrected chi connectivity index (χ2v) is 7.06. The molecule has 0 aromatic heterocycles. The summed E-state index contributed by atoms with van der Waals surface area (Å²) in [4.78, 5) is -0.337. The number of nitrogens with zero attached hydrogens (tertiary/aromatic N) is 1. The summed E-state index contributed by atoms with van der Waals surface area (Å²) in [6, 6.07) is 2.75. The monoisotopic (exact) mass is 343 g/mol. The first-order chi connectivity index (χ1) is 9.53. The van der Waals surface area contributed by atoms with Gasteiger partial charge in [-0.25, -0.2) is 8.42 Å². The van der Waals surface area contributed by atoms with Crippen LogP contribution in [0.25, 0.3) is 0 Å². The topological polar surface area (TPSA) is 37.4 Å². The molecule has 0 atom stereocenters. The van der Waals surface area contributed by atoms with Crippen molar-refractivity contribution in [2.24, 2.45) is 0 Å². The third-order valence-electron chi connectivity index (χ3n) is 3.06. The largest absolute Gasteiger partial charge is 0.416 e. The molecule has 0 aliphatic heterocycles. The molecule has 0 amide bonds. The Bertz CT molecular complexity index is 600. The summed E-state index contributed by atoms with van der Waals surface area (Å²) in [6.07, 6.45) is -4.59. The summed E-state index contributed by atoms with van der Waals surface area (Å²) in [7, 11) is -4.03. The maximum atomic E-state index is 12.9. The molecule has 0 aliphatic carbocycles. The molecule has 0 bridgehead atoms. The molecule has 1 aromatic carbocycles. The van der Waals surface area contributed by atoms with E-state index in [0.717, 1.165) is 23.4 Å². The Hall–Kier alpha value is -0.790. The van der Waals surface area contributed by atoms with Gasteiger partial charge in [-0.15, -0.1) is 11.6 Å². The smallest absolute Gasteiger partial charge is 0.207 e. The lowest BCUT2D eigenvalue weighted by molar-refractivity contribution is -0.138. The highest BCUT2D eigenvalue weighted by Crippen LogP contribution is 2.35. The normalized spacial score (nSPS) is 13.2. The Kier molecular flexibility index (Phi) is 5.69. The predicted molar refractivity (Wildman–Crippen MR) is 75.9 cm³/mol. The molecule has 120 valence electrons. The lowest BCUT2D eigenvalue weighted by Crippen LogP contribution is -2.38. The van der Waals surface area contributed by atoms with Gasteiger partial charge >= 0.3 is 6.18 Å². The summed E-state index contributed by atoms with van der Waals surface area (Å²) in [5, 5.41) is 0. The van der Waals surface area contributed by atoms with Gasteiger partial charge in [0.25, 0.3) is 0 Å². The molecule has 0 saturated heterocycles. The van der Waals surface area contributed by atoms with E-state index in [0.29, 0.717) is 0 Å². The standard InChI is InChI=1S/C13H17ClF3NO2S/c1-9(2)18(8-7-14)21(19,20)12-6-4-5-11(10(12)3)13(15,16)17/h4-6,9H,7-8H2,1-3H3. The fraction of sp³-hybridized carbons (Fsp3) is 0.538. The van der Waals surface area contributed by atoms with E-state index in [-0.39, 0.29) is 22.9 Å². The summed E-state index contributed by atoms with van der Waals surface area (Å²) in [6.45, 7) is 4.49. The second-order valence-electron chi connectivity index (χ2n) is 4.82. The lowest BCUT2D eigenvalue weighted by Gasteiger charge is -2.26. The van der Waals surface area contributed by atoms with Gasteiger partial charge in [-0.05, 0) is 38.5 Å². The molecule has 0 saturated carbocycles. The number of benzene rings is 1. The van der Waals surface area contributed by atoms with Crippen LogP contribution in [0, 0.1) is 6.92 Å². The van der Waals surface area contributed by atoms with Gasteiger partial charge in [0, 0.05) is 18.5 Å². The van der Waals surface area contributed by atoms with E-state index in [1.54, 1.807) is 13.8 Å². The zero-order valence-corrected chi connectivity index (χ0v) is 13.5. The van der Waals surface area contributed by atoms with Crippen molar-refractivity contribution in [2.75, 3.05) is 12.4 Å². The van der Waals surface area contributed by atoms with Crippen molar-refractivity contribution >= 4 is 21.6 Å². The molecular formula is C13H17ClF3NO2S. The molecule has 0 aliphatic rings. The quantitative estimate of drug-likeness (QED) is 0.765. The summed E-state index contributed by atoms with van der Waals surface area (Å²) in [5.41, 5.74) is -1.25. The van der Waals surface area contributed by atoms with Crippen molar-refractivity contribution in [3.8, 4) is 0 Å². The van der Waals surface area contributed by atoms with Gasteiger partial charge in [0.05, 0.1) is 10.5 Å². The molecule has 8 heteroatoms. The van der Waals surface area contributed by atoms with E-state index >= 15 is 0 Å². The van der Waals surface area contributed by atoms with Crippen LogP contribution in [0.3, 0.4) is 0 Å². The van der Waals surface area contributed by atoms with Gasteiger partial charge in [0.15, 0.2) is 0 Å². The van der Waals surface area contributed by atoms with E-state index < -0.39 is 27.8 Å². The highest BCUT2D eigenvalue weighted by molar-refractivity contribution is 7.89. The molecule has 0 spiro atoms. The minimum absolute atomic E-state index is 0.0389. The number of rotatable bonds is 5. The highest BCUT2D eigenvalue weighted by Gasteiger charge is 2.36. The number of hydrogen-bond acceptors (Lipinski definition) is 2. The van der Waals surface area contributed by atoms with Crippen LogP contribution in [0.4, 0.5) is 13.2 Å². The molecule has 0 unspecified atom stereocenters. The van der Waals surface area contributed by atoms with Crippen molar-refractivity contribution in [3.05, 3.63) is 29.3 Å². The van der Waals surface area contributed by atoms with E-state index in [1.807, 2.05) is 0 Å².